The van der Waals surface area contributed by atoms with Crippen molar-refractivity contribution in [2.24, 2.45) is 0 Å². The molecule has 0 unspecified atom stereocenters. The molecule has 0 aromatic heterocycles. The highest BCUT2D eigenvalue weighted by Crippen LogP contribution is 2.10. The Balaban J connectivity index is 1.71. The molecular formula is C13H23N3O3. The van der Waals surface area contributed by atoms with Gasteiger partial charge in [0.1, 0.15) is 0 Å². The standard InChI is InChI=1S/C13H23N3O3/c1-19-10-9-14-5-7-15(8-6-14)13(18)11-16-4-2-3-12(16)17/h2-11H2,1H3. The van der Waals surface area contributed by atoms with Crippen LogP contribution in [0.3, 0.4) is 0 Å². The molecule has 2 aliphatic heterocycles. The fourth-order valence-corrected chi connectivity index (χ4v) is 2.58. The summed E-state index contributed by atoms with van der Waals surface area (Å²) < 4.78 is 5.05. The molecule has 2 amide bonds. The third-order valence-electron chi connectivity index (χ3n) is 3.83. The third kappa shape index (κ3) is 3.91. The number of ether oxygens (including phenoxy) is 1. The summed E-state index contributed by atoms with van der Waals surface area (Å²) in [6, 6.07) is 0. The molecule has 0 aliphatic carbocycles. The first kappa shape index (κ1) is 14.3. The van der Waals surface area contributed by atoms with Gasteiger partial charge in [-0.05, 0) is 6.42 Å². The van der Waals surface area contributed by atoms with Crippen LogP contribution in [0.15, 0.2) is 0 Å². The summed E-state index contributed by atoms with van der Waals surface area (Å²) in [5.74, 6) is 0.203. The Labute approximate surface area is 114 Å². The van der Waals surface area contributed by atoms with Crippen molar-refractivity contribution >= 4 is 11.8 Å². The van der Waals surface area contributed by atoms with E-state index < -0.39 is 0 Å². The highest BCUT2D eigenvalue weighted by molar-refractivity contribution is 5.85. The van der Waals surface area contributed by atoms with Crippen LogP contribution < -0.4 is 0 Å². The van der Waals surface area contributed by atoms with E-state index >= 15 is 0 Å². The van der Waals surface area contributed by atoms with Gasteiger partial charge in [0.25, 0.3) is 0 Å². The Morgan fingerprint density at radius 2 is 1.95 bits per heavy atom. The number of likely N-dealkylation sites (tertiary alicyclic amines) is 1. The predicted molar refractivity (Wildman–Crippen MR) is 70.7 cm³/mol. The Bertz CT molecular complexity index is 327. The van der Waals surface area contributed by atoms with Crippen LogP contribution >= 0.6 is 0 Å². The average Bonchev–Trinajstić information content (AvgIpc) is 2.82. The van der Waals surface area contributed by atoms with E-state index in [1.807, 2.05) is 4.90 Å². The SMILES string of the molecule is COCCN1CCN(C(=O)CN2CCCC2=O)CC1. The summed E-state index contributed by atoms with van der Waals surface area (Å²) >= 11 is 0. The lowest BCUT2D eigenvalue weighted by Crippen LogP contribution is -2.51. The van der Waals surface area contributed by atoms with Crippen LogP contribution in [0.5, 0.6) is 0 Å². The highest BCUT2D eigenvalue weighted by Gasteiger charge is 2.26. The van der Waals surface area contributed by atoms with Crippen molar-refractivity contribution < 1.29 is 14.3 Å². The van der Waals surface area contributed by atoms with Crippen molar-refractivity contribution in [3.8, 4) is 0 Å². The Hall–Kier alpha value is -1.14. The molecule has 0 N–H and O–H groups in total. The maximum atomic E-state index is 12.1. The van der Waals surface area contributed by atoms with E-state index in [1.165, 1.54) is 0 Å². The van der Waals surface area contributed by atoms with E-state index in [4.69, 9.17) is 4.74 Å². The van der Waals surface area contributed by atoms with Gasteiger partial charge in [0.2, 0.25) is 11.8 Å². The monoisotopic (exact) mass is 269 g/mol. The second-order valence-electron chi connectivity index (χ2n) is 5.13. The van der Waals surface area contributed by atoms with Crippen molar-refractivity contribution in [2.75, 3.05) is 59.5 Å². The zero-order chi connectivity index (χ0) is 13.7. The third-order valence-corrected chi connectivity index (χ3v) is 3.83. The normalized spacial score (nSPS) is 21.2. The van der Waals surface area contributed by atoms with E-state index in [1.54, 1.807) is 12.0 Å². The lowest BCUT2D eigenvalue weighted by Gasteiger charge is -2.35. The van der Waals surface area contributed by atoms with Crippen LogP contribution in [-0.2, 0) is 14.3 Å². The van der Waals surface area contributed by atoms with Gasteiger partial charge in [-0.1, -0.05) is 0 Å². The van der Waals surface area contributed by atoms with Crippen molar-refractivity contribution in [3.63, 3.8) is 0 Å². The number of hydrogen-bond donors (Lipinski definition) is 0. The highest BCUT2D eigenvalue weighted by atomic mass is 16.5. The van der Waals surface area contributed by atoms with Crippen LogP contribution in [0.1, 0.15) is 12.8 Å². The molecule has 0 spiro atoms. The van der Waals surface area contributed by atoms with Gasteiger partial charge < -0.3 is 14.5 Å². The molecule has 0 bridgehead atoms. The molecule has 19 heavy (non-hydrogen) atoms. The van der Waals surface area contributed by atoms with Gasteiger partial charge in [-0.2, -0.15) is 0 Å². The number of carbonyl (C=O) groups is 2. The largest absolute Gasteiger partial charge is 0.383 e. The van der Waals surface area contributed by atoms with Gasteiger partial charge in [0, 0.05) is 52.8 Å². The van der Waals surface area contributed by atoms with Gasteiger partial charge in [0.15, 0.2) is 0 Å². The second kappa shape index (κ2) is 6.86. The number of piperazine rings is 1. The minimum Gasteiger partial charge on any atom is -0.383 e. The Morgan fingerprint density at radius 3 is 2.53 bits per heavy atom. The average molecular weight is 269 g/mol. The van der Waals surface area contributed by atoms with E-state index in [-0.39, 0.29) is 18.4 Å². The lowest BCUT2D eigenvalue weighted by molar-refractivity contribution is -0.139. The molecule has 2 rings (SSSR count). The Kier molecular flexibility index (Phi) is 5.15. The fourth-order valence-electron chi connectivity index (χ4n) is 2.58. The molecule has 6 nitrogen and oxygen atoms in total. The van der Waals surface area contributed by atoms with Crippen molar-refractivity contribution in [1.82, 2.24) is 14.7 Å². The van der Waals surface area contributed by atoms with Gasteiger partial charge in [0.05, 0.1) is 13.2 Å². The number of carbonyl (C=O) groups excluding carboxylic acids is 2. The summed E-state index contributed by atoms with van der Waals surface area (Å²) in [6.45, 7) is 5.94. The fraction of sp³-hybridized carbons (Fsp3) is 0.846. The molecule has 2 aliphatic rings. The number of nitrogens with zero attached hydrogens (tertiary/aromatic N) is 3. The molecule has 0 aromatic rings. The van der Waals surface area contributed by atoms with Crippen molar-refractivity contribution in [1.29, 1.82) is 0 Å². The first-order valence-electron chi connectivity index (χ1n) is 6.97. The molecule has 0 aromatic carbocycles. The topological polar surface area (TPSA) is 53.1 Å². The number of rotatable bonds is 5. The first-order valence-corrected chi connectivity index (χ1v) is 6.97. The van der Waals surface area contributed by atoms with Gasteiger partial charge in [-0.15, -0.1) is 0 Å². The quantitative estimate of drug-likeness (QED) is 0.669. The molecule has 0 saturated carbocycles. The van der Waals surface area contributed by atoms with Crippen molar-refractivity contribution in [2.45, 2.75) is 12.8 Å². The van der Waals surface area contributed by atoms with Gasteiger partial charge >= 0.3 is 0 Å². The number of methoxy groups -OCH3 is 1. The van der Waals surface area contributed by atoms with Crippen LogP contribution in [-0.4, -0.2) is 86.0 Å². The summed E-state index contributed by atoms with van der Waals surface area (Å²) in [7, 11) is 1.70. The molecular weight excluding hydrogens is 246 g/mol. The van der Waals surface area contributed by atoms with E-state index in [0.717, 1.165) is 52.3 Å². The van der Waals surface area contributed by atoms with E-state index in [9.17, 15) is 9.59 Å². The molecule has 0 radical (unpaired) electrons. The predicted octanol–water partition coefficient (Wildman–Crippen LogP) is -0.601. The maximum absolute atomic E-state index is 12.1. The van der Waals surface area contributed by atoms with E-state index in [2.05, 4.69) is 4.90 Å². The summed E-state index contributed by atoms with van der Waals surface area (Å²) in [4.78, 5) is 29.5. The van der Waals surface area contributed by atoms with Crippen LogP contribution in [0, 0.1) is 0 Å². The minimum atomic E-state index is 0.0849. The molecule has 6 heteroatoms. The number of amides is 2. The first-order chi connectivity index (χ1) is 9.20. The minimum absolute atomic E-state index is 0.0849. The lowest BCUT2D eigenvalue weighted by atomic mass is 10.3. The number of hydrogen-bond acceptors (Lipinski definition) is 4. The zero-order valence-corrected chi connectivity index (χ0v) is 11.6. The van der Waals surface area contributed by atoms with E-state index in [0.29, 0.717) is 6.42 Å². The van der Waals surface area contributed by atoms with Crippen LogP contribution in [0.2, 0.25) is 0 Å². The summed E-state index contributed by atoms with van der Waals surface area (Å²) in [5.41, 5.74) is 0. The van der Waals surface area contributed by atoms with Crippen molar-refractivity contribution in [3.05, 3.63) is 0 Å². The zero-order valence-electron chi connectivity index (χ0n) is 11.6. The smallest absolute Gasteiger partial charge is 0.242 e. The van der Waals surface area contributed by atoms with Gasteiger partial charge in [-0.3, -0.25) is 14.5 Å². The second-order valence-corrected chi connectivity index (χ2v) is 5.13. The molecule has 2 fully saturated rings. The molecule has 0 atom stereocenters. The molecule has 2 saturated heterocycles. The van der Waals surface area contributed by atoms with Crippen LogP contribution in [0.25, 0.3) is 0 Å². The molecule has 2 heterocycles. The summed E-state index contributed by atoms with van der Waals surface area (Å²) in [6.07, 6.45) is 1.48. The summed E-state index contributed by atoms with van der Waals surface area (Å²) in [5, 5.41) is 0. The van der Waals surface area contributed by atoms with Crippen LogP contribution in [0.4, 0.5) is 0 Å². The maximum Gasteiger partial charge on any atom is 0.242 e. The van der Waals surface area contributed by atoms with Gasteiger partial charge in [-0.25, -0.2) is 0 Å². The molecule has 108 valence electrons. The Morgan fingerprint density at radius 1 is 1.21 bits per heavy atom.